The smallest absolute Gasteiger partial charge is 0.237 e. The zero-order chi connectivity index (χ0) is 16.3. The Hall–Kier alpha value is -1.45. The van der Waals surface area contributed by atoms with Gasteiger partial charge in [0.05, 0.1) is 6.04 Å². The van der Waals surface area contributed by atoms with Gasteiger partial charge in [0.15, 0.2) is 0 Å². The van der Waals surface area contributed by atoms with E-state index in [1.54, 1.807) is 31.2 Å². The lowest BCUT2D eigenvalue weighted by molar-refractivity contribution is -0.120. The maximum Gasteiger partial charge on any atom is 0.237 e. The number of sulfonamides is 1. The Morgan fingerprint density at radius 3 is 2.55 bits per heavy atom. The van der Waals surface area contributed by atoms with Gasteiger partial charge < -0.3 is 5.73 Å². The van der Waals surface area contributed by atoms with Gasteiger partial charge in [-0.1, -0.05) is 23.7 Å². The van der Waals surface area contributed by atoms with E-state index in [0.717, 1.165) is 5.41 Å². The average molecular weight is 345 g/mol. The molecule has 1 amide bonds. The summed E-state index contributed by atoms with van der Waals surface area (Å²) >= 11 is 5.76. The number of hydrazine groups is 1. The standard InChI is InChI=1S/C13H17ClN4O3S/c1-8-11(12(13(15)19)17-16-8)18-22(20,21)7-6-9-2-4-10(14)5-3-9/h2-8,11-12,16-18H,1H3,(H2,15,19)/b7-6+. The zero-order valence-electron chi connectivity index (χ0n) is 11.8. The van der Waals surface area contributed by atoms with Gasteiger partial charge in [0.25, 0.3) is 0 Å². The van der Waals surface area contributed by atoms with Crippen molar-refractivity contribution in [3.63, 3.8) is 0 Å². The molecule has 7 nitrogen and oxygen atoms in total. The summed E-state index contributed by atoms with van der Waals surface area (Å²) in [5.41, 5.74) is 11.4. The molecule has 1 aliphatic rings. The third-order valence-electron chi connectivity index (χ3n) is 3.28. The molecule has 22 heavy (non-hydrogen) atoms. The van der Waals surface area contributed by atoms with Gasteiger partial charge in [-0.25, -0.2) is 18.6 Å². The van der Waals surface area contributed by atoms with Crippen LogP contribution in [-0.4, -0.2) is 32.5 Å². The summed E-state index contributed by atoms with van der Waals surface area (Å²) in [4.78, 5) is 11.3. The van der Waals surface area contributed by atoms with E-state index < -0.39 is 28.0 Å². The number of amides is 1. The number of carbonyl (C=O) groups is 1. The van der Waals surface area contributed by atoms with Crippen LogP contribution in [0.1, 0.15) is 12.5 Å². The summed E-state index contributed by atoms with van der Waals surface area (Å²) < 4.78 is 26.7. The molecule has 1 heterocycles. The first-order valence-electron chi connectivity index (χ1n) is 6.55. The molecule has 3 unspecified atom stereocenters. The summed E-state index contributed by atoms with van der Waals surface area (Å²) in [5, 5.41) is 1.61. The fourth-order valence-corrected chi connectivity index (χ4v) is 3.34. The third kappa shape index (κ3) is 4.28. The molecular formula is C13H17ClN4O3S. The van der Waals surface area contributed by atoms with E-state index in [4.69, 9.17) is 17.3 Å². The maximum absolute atomic E-state index is 12.1. The summed E-state index contributed by atoms with van der Waals surface area (Å²) in [6.07, 6.45) is 1.44. The zero-order valence-corrected chi connectivity index (χ0v) is 13.4. The Kier molecular flexibility index (Phi) is 5.20. The van der Waals surface area contributed by atoms with Crippen LogP contribution >= 0.6 is 11.6 Å². The van der Waals surface area contributed by atoms with Crippen LogP contribution in [0.2, 0.25) is 5.02 Å². The second kappa shape index (κ2) is 6.76. The Balaban J connectivity index is 2.10. The first kappa shape index (κ1) is 16.9. The van der Waals surface area contributed by atoms with Crippen molar-refractivity contribution >= 4 is 33.6 Å². The first-order chi connectivity index (χ1) is 10.3. The van der Waals surface area contributed by atoms with Crippen LogP contribution in [-0.2, 0) is 14.8 Å². The Labute approximate surface area is 133 Å². The highest BCUT2D eigenvalue weighted by molar-refractivity contribution is 7.92. The fourth-order valence-electron chi connectivity index (χ4n) is 2.08. The lowest BCUT2D eigenvalue weighted by Gasteiger charge is -2.18. The number of hydrogen-bond donors (Lipinski definition) is 4. The number of benzene rings is 1. The van der Waals surface area contributed by atoms with Crippen LogP contribution in [0.25, 0.3) is 6.08 Å². The predicted molar refractivity (Wildman–Crippen MR) is 85.0 cm³/mol. The number of nitrogens with two attached hydrogens (primary N) is 1. The SMILES string of the molecule is CC1NNC(C(N)=O)C1NS(=O)(=O)/C=C/c1ccc(Cl)cc1. The summed E-state index contributed by atoms with van der Waals surface area (Å²) in [6.45, 7) is 1.74. The maximum atomic E-state index is 12.1. The predicted octanol–water partition coefficient (Wildman–Crippen LogP) is -0.0511. The molecule has 0 aromatic heterocycles. The van der Waals surface area contributed by atoms with E-state index in [-0.39, 0.29) is 6.04 Å². The monoisotopic (exact) mass is 344 g/mol. The van der Waals surface area contributed by atoms with Crippen molar-refractivity contribution in [1.82, 2.24) is 15.6 Å². The molecule has 120 valence electrons. The molecular weight excluding hydrogens is 328 g/mol. The molecule has 1 aromatic carbocycles. The van der Waals surface area contributed by atoms with Crippen LogP contribution in [0.4, 0.5) is 0 Å². The van der Waals surface area contributed by atoms with Gasteiger partial charge in [0.1, 0.15) is 6.04 Å². The molecule has 0 aliphatic carbocycles. The van der Waals surface area contributed by atoms with Crippen LogP contribution in [0.3, 0.4) is 0 Å². The largest absolute Gasteiger partial charge is 0.368 e. The number of hydrogen-bond acceptors (Lipinski definition) is 5. The van der Waals surface area contributed by atoms with E-state index in [1.807, 2.05) is 0 Å². The van der Waals surface area contributed by atoms with Gasteiger partial charge in [-0.2, -0.15) is 0 Å². The van der Waals surface area contributed by atoms with Crippen LogP contribution in [0.15, 0.2) is 29.7 Å². The third-order valence-corrected chi connectivity index (χ3v) is 4.63. The van der Waals surface area contributed by atoms with Gasteiger partial charge in [-0.05, 0) is 30.7 Å². The molecule has 5 N–H and O–H groups in total. The van der Waals surface area contributed by atoms with Crippen molar-refractivity contribution in [2.45, 2.75) is 25.0 Å². The molecule has 0 saturated carbocycles. The highest BCUT2D eigenvalue weighted by Gasteiger charge is 2.38. The number of carbonyl (C=O) groups excluding carboxylic acids is 1. The summed E-state index contributed by atoms with van der Waals surface area (Å²) in [5.74, 6) is -0.633. The number of rotatable bonds is 5. The van der Waals surface area contributed by atoms with Crippen LogP contribution < -0.4 is 21.3 Å². The minimum atomic E-state index is -3.72. The highest BCUT2D eigenvalue weighted by atomic mass is 35.5. The quantitative estimate of drug-likeness (QED) is 0.598. The number of halogens is 1. The van der Waals surface area contributed by atoms with E-state index in [2.05, 4.69) is 15.6 Å². The van der Waals surface area contributed by atoms with Gasteiger partial charge in [0, 0.05) is 16.5 Å². The Bertz CT molecular complexity index is 675. The molecule has 1 aromatic rings. The second-order valence-corrected chi connectivity index (χ2v) is 7.03. The minimum Gasteiger partial charge on any atom is -0.368 e. The number of primary amides is 1. The fraction of sp³-hybridized carbons (Fsp3) is 0.308. The van der Waals surface area contributed by atoms with Gasteiger partial charge in [0.2, 0.25) is 15.9 Å². The molecule has 3 atom stereocenters. The van der Waals surface area contributed by atoms with E-state index in [9.17, 15) is 13.2 Å². The van der Waals surface area contributed by atoms with Crippen molar-refractivity contribution < 1.29 is 13.2 Å². The second-order valence-electron chi connectivity index (χ2n) is 5.00. The Morgan fingerprint density at radius 2 is 1.95 bits per heavy atom. The van der Waals surface area contributed by atoms with Gasteiger partial charge in [-0.15, -0.1) is 0 Å². The highest BCUT2D eigenvalue weighted by Crippen LogP contribution is 2.12. The molecule has 9 heteroatoms. The van der Waals surface area contributed by atoms with Crippen molar-refractivity contribution in [3.8, 4) is 0 Å². The summed E-state index contributed by atoms with van der Waals surface area (Å²) in [7, 11) is -3.72. The lowest BCUT2D eigenvalue weighted by atomic mass is 10.1. The Morgan fingerprint density at radius 1 is 1.32 bits per heavy atom. The molecule has 2 rings (SSSR count). The minimum absolute atomic E-state index is 0.281. The van der Waals surface area contributed by atoms with E-state index >= 15 is 0 Å². The van der Waals surface area contributed by atoms with Crippen molar-refractivity contribution in [3.05, 3.63) is 40.3 Å². The van der Waals surface area contributed by atoms with Gasteiger partial charge >= 0.3 is 0 Å². The molecule has 1 saturated heterocycles. The first-order valence-corrected chi connectivity index (χ1v) is 8.47. The molecule has 1 fully saturated rings. The molecule has 0 radical (unpaired) electrons. The molecule has 0 bridgehead atoms. The van der Waals surface area contributed by atoms with Crippen LogP contribution in [0.5, 0.6) is 0 Å². The van der Waals surface area contributed by atoms with Gasteiger partial charge in [-0.3, -0.25) is 10.2 Å². The van der Waals surface area contributed by atoms with E-state index in [1.165, 1.54) is 6.08 Å². The van der Waals surface area contributed by atoms with E-state index in [0.29, 0.717) is 10.6 Å². The van der Waals surface area contributed by atoms with Crippen molar-refractivity contribution in [2.24, 2.45) is 5.73 Å². The molecule has 1 aliphatic heterocycles. The normalized spacial score (nSPS) is 25.6. The summed E-state index contributed by atoms with van der Waals surface area (Å²) in [6, 6.07) is 4.96. The van der Waals surface area contributed by atoms with Crippen LogP contribution in [0, 0.1) is 0 Å². The van der Waals surface area contributed by atoms with Crippen molar-refractivity contribution in [2.75, 3.05) is 0 Å². The number of nitrogens with one attached hydrogen (secondary N) is 3. The topological polar surface area (TPSA) is 113 Å². The van der Waals surface area contributed by atoms with Crippen molar-refractivity contribution in [1.29, 1.82) is 0 Å². The molecule has 0 spiro atoms. The average Bonchev–Trinajstić information content (AvgIpc) is 2.79. The lowest BCUT2D eigenvalue weighted by Crippen LogP contribution is -2.52.